The molecule has 5 nitrogen and oxygen atoms in total. The molecular weight excluding hydrogens is 324 g/mol. The van der Waals surface area contributed by atoms with Gasteiger partial charge < -0.3 is 15.3 Å². The molecule has 0 unspecified atom stereocenters. The van der Waals surface area contributed by atoms with Crippen molar-refractivity contribution in [1.82, 2.24) is 4.90 Å². The Bertz CT molecular complexity index is 529. The van der Waals surface area contributed by atoms with Crippen molar-refractivity contribution in [1.29, 1.82) is 0 Å². The fourth-order valence-corrected chi connectivity index (χ4v) is 2.33. The van der Waals surface area contributed by atoms with Crippen molar-refractivity contribution in [2.75, 3.05) is 11.9 Å². The van der Waals surface area contributed by atoms with Gasteiger partial charge in [0.1, 0.15) is 0 Å². The summed E-state index contributed by atoms with van der Waals surface area (Å²) in [6.07, 6.45) is 1.87. The lowest BCUT2D eigenvalue weighted by molar-refractivity contribution is -0.137. The molecule has 1 aliphatic rings. The van der Waals surface area contributed by atoms with E-state index in [4.69, 9.17) is 5.11 Å². The van der Waals surface area contributed by atoms with Crippen LogP contribution in [-0.4, -0.2) is 34.6 Å². The molecule has 0 spiro atoms. The van der Waals surface area contributed by atoms with Gasteiger partial charge in [0.05, 0.1) is 6.42 Å². The first-order chi connectivity index (χ1) is 9.47. The van der Waals surface area contributed by atoms with Gasteiger partial charge in [0.2, 0.25) is 0 Å². The van der Waals surface area contributed by atoms with Crippen LogP contribution in [-0.2, 0) is 4.79 Å². The van der Waals surface area contributed by atoms with Crippen LogP contribution in [0.3, 0.4) is 0 Å². The molecule has 2 amide bonds. The predicted octanol–water partition coefficient (Wildman–Crippen LogP) is 3.23. The molecule has 1 fully saturated rings. The normalized spacial score (nSPS) is 13.9. The molecular formula is C14H17BrN2O3. The summed E-state index contributed by atoms with van der Waals surface area (Å²) in [7, 11) is 0. The number of amides is 2. The van der Waals surface area contributed by atoms with Gasteiger partial charge in [0.15, 0.2) is 0 Å². The van der Waals surface area contributed by atoms with Crippen molar-refractivity contribution < 1.29 is 14.7 Å². The molecule has 1 aliphatic carbocycles. The van der Waals surface area contributed by atoms with Gasteiger partial charge in [0.25, 0.3) is 0 Å². The van der Waals surface area contributed by atoms with Crippen LogP contribution in [0.4, 0.5) is 10.5 Å². The molecule has 2 N–H and O–H groups in total. The number of benzene rings is 1. The average molecular weight is 341 g/mol. The Morgan fingerprint density at radius 3 is 2.75 bits per heavy atom. The zero-order chi connectivity index (χ0) is 14.7. The standard InChI is InChI=1S/C14H17BrN2O3/c1-9-2-3-10(15)8-12(9)16-14(20)17(11-4-5-11)7-6-13(18)19/h2-3,8,11H,4-7H2,1H3,(H,16,20)(H,18,19). The van der Waals surface area contributed by atoms with Gasteiger partial charge in [-0.3, -0.25) is 4.79 Å². The number of carboxylic acid groups (broad SMARTS) is 1. The number of hydrogen-bond acceptors (Lipinski definition) is 2. The minimum absolute atomic E-state index is 0.0264. The maximum Gasteiger partial charge on any atom is 0.322 e. The first-order valence-electron chi connectivity index (χ1n) is 6.53. The fraction of sp³-hybridized carbons (Fsp3) is 0.429. The largest absolute Gasteiger partial charge is 0.481 e. The topological polar surface area (TPSA) is 69.6 Å². The summed E-state index contributed by atoms with van der Waals surface area (Å²) in [5, 5.41) is 11.6. The number of nitrogens with one attached hydrogen (secondary N) is 1. The van der Waals surface area contributed by atoms with Crippen molar-refractivity contribution >= 4 is 33.6 Å². The number of aliphatic carboxylic acids is 1. The van der Waals surface area contributed by atoms with Crippen molar-refractivity contribution in [3.05, 3.63) is 28.2 Å². The Balaban J connectivity index is 2.04. The first-order valence-corrected chi connectivity index (χ1v) is 7.32. The number of urea groups is 1. The van der Waals surface area contributed by atoms with E-state index < -0.39 is 5.97 Å². The van der Waals surface area contributed by atoms with Crippen LogP contribution in [0.1, 0.15) is 24.8 Å². The molecule has 0 heterocycles. The van der Waals surface area contributed by atoms with Crippen LogP contribution in [0, 0.1) is 6.92 Å². The third kappa shape index (κ3) is 3.96. The quantitative estimate of drug-likeness (QED) is 0.864. The zero-order valence-corrected chi connectivity index (χ0v) is 12.8. The van der Waals surface area contributed by atoms with Crippen LogP contribution in [0.2, 0.25) is 0 Å². The number of nitrogens with zero attached hydrogens (tertiary/aromatic N) is 1. The van der Waals surface area contributed by atoms with Crippen molar-refractivity contribution in [3.8, 4) is 0 Å². The van der Waals surface area contributed by atoms with Crippen LogP contribution in [0.15, 0.2) is 22.7 Å². The van der Waals surface area contributed by atoms with E-state index in [0.717, 1.165) is 28.6 Å². The van der Waals surface area contributed by atoms with Crippen molar-refractivity contribution in [2.24, 2.45) is 0 Å². The second-order valence-electron chi connectivity index (χ2n) is 4.96. The second-order valence-corrected chi connectivity index (χ2v) is 5.87. The van der Waals surface area contributed by atoms with E-state index in [-0.39, 0.29) is 25.0 Å². The van der Waals surface area contributed by atoms with E-state index in [9.17, 15) is 9.59 Å². The molecule has 0 bridgehead atoms. The summed E-state index contributed by atoms with van der Waals surface area (Å²) < 4.78 is 0.891. The number of rotatable bonds is 5. The molecule has 0 radical (unpaired) electrons. The number of anilines is 1. The minimum Gasteiger partial charge on any atom is -0.481 e. The Morgan fingerprint density at radius 2 is 2.15 bits per heavy atom. The van der Waals surface area contributed by atoms with E-state index in [1.807, 2.05) is 25.1 Å². The SMILES string of the molecule is Cc1ccc(Br)cc1NC(=O)N(CCC(=O)O)C1CC1. The summed E-state index contributed by atoms with van der Waals surface area (Å²) in [4.78, 5) is 24.6. The number of halogens is 1. The molecule has 1 aromatic carbocycles. The van der Waals surface area contributed by atoms with Gasteiger partial charge in [-0.05, 0) is 37.5 Å². The maximum absolute atomic E-state index is 12.3. The molecule has 0 aromatic heterocycles. The molecule has 108 valence electrons. The first kappa shape index (κ1) is 14.8. The highest BCUT2D eigenvalue weighted by atomic mass is 79.9. The summed E-state index contributed by atoms with van der Waals surface area (Å²) in [6.45, 7) is 2.17. The second kappa shape index (κ2) is 6.26. The Morgan fingerprint density at radius 1 is 1.45 bits per heavy atom. The van der Waals surface area contributed by atoms with Crippen LogP contribution >= 0.6 is 15.9 Å². The summed E-state index contributed by atoms with van der Waals surface area (Å²) in [5.41, 5.74) is 1.71. The number of hydrogen-bond donors (Lipinski definition) is 2. The minimum atomic E-state index is -0.887. The van der Waals surface area contributed by atoms with Crippen molar-refractivity contribution in [2.45, 2.75) is 32.2 Å². The molecule has 0 atom stereocenters. The van der Waals surface area contributed by atoms with Gasteiger partial charge >= 0.3 is 12.0 Å². The zero-order valence-electron chi connectivity index (χ0n) is 11.2. The Labute approximate surface area is 126 Å². The van der Waals surface area contributed by atoms with Gasteiger partial charge in [-0.25, -0.2) is 4.79 Å². The third-order valence-corrected chi connectivity index (χ3v) is 3.75. The average Bonchev–Trinajstić information content (AvgIpc) is 3.18. The lowest BCUT2D eigenvalue weighted by Gasteiger charge is -2.22. The highest BCUT2D eigenvalue weighted by Gasteiger charge is 2.32. The number of aryl methyl sites for hydroxylation is 1. The molecule has 1 aromatic rings. The van der Waals surface area contributed by atoms with Gasteiger partial charge in [-0.1, -0.05) is 22.0 Å². The number of carbonyl (C=O) groups excluding carboxylic acids is 1. The lowest BCUT2D eigenvalue weighted by Crippen LogP contribution is -2.38. The lowest BCUT2D eigenvalue weighted by atomic mass is 10.2. The monoisotopic (exact) mass is 340 g/mol. The third-order valence-electron chi connectivity index (χ3n) is 3.26. The van der Waals surface area contributed by atoms with E-state index in [1.165, 1.54) is 0 Å². The number of carbonyl (C=O) groups is 2. The van der Waals surface area contributed by atoms with E-state index >= 15 is 0 Å². The highest BCUT2D eigenvalue weighted by molar-refractivity contribution is 9.10. The molecule has 0 saturated heterocycles. The Hall–Kier alpha value is -1.56. The molecule has 1 saturated carbocycles. The molecule has 0 aliphatic heterocycles. The van der Waals surface area contributed by atoms with Gasteiger partial charge in [-0.15, -0.1) is 0 Å². The maximum atomic E-state index is 12.3. The molecule has 20 heavy (non-hydrogen) atoms. The van der Waals surface area contributed by atoms with Crippen molar-refractivity contribution in [3.63, 3.8) is 0 Å². The summed E-state index contributed by atoms with van der Waals surface area (Å²) in [5.74, 6) is -0.887. The van der Waals surface area contributed by atoms with E-state index in [2.05, 4.69) is 21.2 Å². The highest BCUT2D eigenvalue weighted by Crippen LogP contribution is 2.28. The van der Waals surface area contributed by atoms with E-state index in [0.29, 0.717) is 0 Å². The van der Waals surface area contributed by atoms with Crippen LogP contribution in [0.25, 0.3) is 0 Å². The Kier molecular flexibility index (Phi) is 4.65. The van der Waals surface area contributed by atoms with Gasteiger partial charge in [-0.2, -0.15) is 0 Å². The summed E-state index contributed by atoms with van der Waals surface area (Å²) >= 11 is 3.37. The molecule has 6 heteroatoms. The number of carboxylic acids is 1. The van der Waals surface area contributed by atoms with Crippen LogP contribution < -0.4 is 5.32 Å². The smallest absolute Gasteiger partial charge is 0.322 e. The summed E-state index contributed by atoms with van der Waals surface area (Å²) in [6, 6.07) is 5.62. The predicted molar refractivity (Wildman–Crippen MR) is 79.9 cm³/mol. The fourth-order valence-electron chi connectivity index (χ4n) is 1.97. The van der Waals surface area contributed by atoms with E-state index in [1.54, 1.807) is 4.90 Å². The van der Waals surface area contributed by atoms with Gasteiger partial charge in [0, 0.05) is 22.7 Å². The molecule has 2 rings (SSSR count). The van der Waals surface area contributed by atoms with Crippen LogP contribution in [0.5, 0.6) is 0 Å².